The molecule has 0 unspecified atom stereocenters. The van der Waals surface area contributed by atoms with Gasteiger partial charge in [-0.15, -0.1) is 11.3 Å². The summed E-state index contributed by atoms with van der Waals surface area (Å²) in [6.45, 7) is 2.54. The van der Waals surface area contributed by atoms with Crippen LogP contribution in [0.1, 0.15) is 10.4 Å². The van der Waals surface area contributed by atoms with Gasteiger partial charge in [-0.25, -0.2) is 15.0 Å². The summed E-state index contributed by atoms with van der Waals surface area (Å²) in [6.07, 6.45) is 6.76. The smallest absolute Gasteiger partial charge is 0.256 e. The van der Waals surface area contributed by atoms with Crippen LogP contribution in [0.3, 0.4) is 0 Å². The second-order valence-corrected chi connectivity index (χ2v) is 8.01. The van der Waals surface area contributed by atoms with Crippen molar-refractivity contribution in [1.29, 1.82) is 0 Å². The van der Waals surface area contributed by atoms with E-state index in [1.54, 1.807) is 23.5 Å². The van der Waals surface area contributed by atoms with Crippen molar-refractivity contribution in [3.63, 3.8) is 0 Å². The van der Waals surface area contributed by atoms with Crippen LogP contribution in [-0.2, 0) is 0 Å². The molecule has 1 aliphatic rings. The fourth-order valence-electron chi connectivity index (χ4n) is 2.84. The van der Waals surface area contributed by atoms with Crippen LogP contribution in [0, 0.1) is 0 Å². The van der Waals surface area contributed by atoms with Crippen molar-refractivity contribution in [2.45, 2.75) is 0 Å². The monoisotopic (exact) mass is 408 g/mol. The van der Waals surface area contributed by atoms with Gasteiger partial charge < -0.3 is 9.80 Å². The Morgan fingerprint density at radius 1 is 1.08 bits per heavy atom. The maximum absolute atomic E-state index is 12.6. The third-order valence-electron chi connectivity index (χ3n) is 4.19. The molecule has 4 rings (SSSR count). The Morgan fingerprint density at radius 3 is 2.50 bits per heavy atom. The number of aromatic nitrogens is 4. The summed E-state index contributed by atoms with van der Waals surface area (Å²) in [5.41, 5.74) is 0.472. The Labute approximate surface area is 163 Å². The average Bonchev–Trinajstić information content (AvgIpc) is 3.31. The molecule has 134 valence electrons. The van der Waals surface area contributed by atoms with Crippen LogP contribution in [-0.4, -0.2) is 56.5 Å². The zero-order chi connectivity index (χ0) is 18.1. The molecule has 0 aromatic carbocycles. The number of halogens is 2. The summed E-state index contributed by atoms with van der Waals surface area (Å²) in [5, 5.41) is 0. The standard InChI is InChI=1S/C16H14Cl2N6OS/c17-12-7-11(15(18)26-12)16(25)23-5-3-22(4-6-23)13-8-14(21-9-20-13)24-2-1-19-10-24/h1-2,7-10H,3-6H2. The van der Waals surface area contributed by atoms with Crippen molar-refractivity contribution in [1.82, 2.24) is 24.4 Å². The summed E-state index contributed by atoms with van der Waals surface area (Å²) in [7, 11) is 0. The molecule has 3 aromatic heterocycles. The zero-order valence-corrected chi connectivity index (χ0v) is 15.9. The van der Waals surface area contributed by atoms with Crippen LogP contribution in [0.15, 0.2) is 37.2 Å². The first-order valence-electron chi connectivity index (χ1n) is 7.91. The van der Waals surface area contributed by atoms with Crippen LogP contribution in [0.4, 0.5) is 5.82 Å². The third kappa shape index (κ3) is 3.40. The molecule has 1 saturated heterocycles. The Kier molecular flexibility index (Phi) is 4.80. The zero-order valence-electron chi connectivity index (χ0n) is 13.5. The number of rotatable bonds is 3. The van der Waals surface area contributed by atoms with Crippen LogP contribution in [0.2, 0.25) is 8.67 Å². The molecular formula is C16H14Cl2N6OS. The van der Waals surface area contributed by atoms with Gasteiger partial charge in [-0.1, -0.05) is 23.2 Å². The highest BCUT2D eigenvalue weighted by atomic mass is 35.5. The summed E-state index contributed by atoms with van der Waals surface area (Å²) in [6, 6.07) is 3.54. The Balaban J connectivity index is 1.45. The lowest BCUT2D eigenvalue weighted by molar-refractivity contribution is 0.0747. The molecule has 0 atom stereocenters. The van der Waals surface area contributed by atoms with Crippen LogP contribution in [0.5, 0.6) is 0 Å². The van der Waals surface area contributed by atoms with Gasteiger partial charge in [0.2, 0.25) is 0 Å². The first kappa shape index (κ1) is 17.3. The Bertz CT molecular complexity index is 921. The van der Waals surface area contributed by atoms with E-state index < -0.39 is 0 Å². The van der Waals surface area contributed by atoms with E-state index >= 15 is 0 Å². The van der Waals surface area contributed by atoms with Crippen molar-refractivity contribution in [3.05, 3.63) is 51.4 Å². The average molecular weight is 409 g/mol. The lowest BCUT2D eigenvalue weighted by Gasteiger charge is -2.35. The molecule has 26 heavy (non-hydrogen) atoms. The molecule has 0 radical (unpaired) electrons. The number of hydrogen-bond donors (Lipinski definition) is 0. The molecule has 0 aliphatic carbocycles. The summed E-state index contributed by atoms with van der Waals surface area (Å²) in [5.74, 6) is 1.50. The van der Waals surface area contributed by atoms with Crippen LogP contribution < -0.4 is 4.90 Å². The number of imidazole rings is 1. The molecule has 1 aliphatic heterocycles. The van der Waals surface area contributed by atoms with Gasteiger partial charge in [-0.3, -0.25) is 9.36 Å². The summed E-state index contributed by atoms with van der Waals surface area (Å²) in [4.78, 5) is 29.2. The number of piperazine rings is 1. The largest absolute Gasteiger partial charge is 0.353 e. The summed E-state index contributed by atoms with van der Waals surface area (Å²) >= 11 is 13.3. The van der Waals surface area contributed by atoms with E-state index in [2.05, 4.69) is 19.9 Å². The lowest BCUT2D eigenvalue weighted by atomic mass is 10.2. The number of anilines is 1. The van der Waals surface area contributed by atoms with Crippen molar-refractivity contribution in [3.8, 4) is 5.82 Å². The molecule has 1 amide bonds. The number of carbonyl (C=O) groups is 1. The number of carbonyl (C=O) groups excluding carboxylic acids is 1. The van der Waals surface area contributed by atoms with Crippen molar-refractivity contribution in [2.24, 2.45) is 0 Å². The van der Waals surface area contributed by atoms with Gasteiger partial charge in [0, 0.05) is 44.6 Å². The predicted molar refractivity (Wildman–Crippen MR) is 102 cm³/mol. The molecule has 7 nitrogen and oxygen atoms in total. The Hall–Kier alpha value is -2.16. The number of thiophene rings is 1. The molecule has 0 saturated carbocycles. The van der Waals surface area contributed by atoms with Crippen LogP contribution in [0.25, 0.3) is 5.82 Å². The fourth-order valence-corrected chi connectivity index (χ4v) is 4.29. The Morgan fingerprint density at radius 2 is 1.85 bits per heavy atom. The minimum absolute atomic E-state index is 0.0837. The van der Waals surface area contributed by atoms with Gasteiger partial charge in [0.1, 0.15) is 28.6 Å². The van der Waals surface area contributed by atoms with Gasteiger partial charge in [0.15, 0.2) is 0 Å². The number of amides is 1. The van der Waals surface area contributed by atoms with E-state index in [1.165, 1.54) is 17.7 Å². The van der Waals surface area contributed by atoms with Gasteiger partial charge in [-0.2, -0.15) is 0 Å². The molecular weight excluding hydrogens is 395 g/mol. The minimum atomic E-state index is -0.0837. The fraction of sp³-hybridized carbons (Fsp3) is 0.250. The maximum Gasteiger partial charge on any atom is 0.256 e. The van der Waals surface area contributed by atoms with Gasteiger partial charge >= 0.3 is 0 Å². The molecule has 3 aromatic rings. The van der Waals surface area contributed by atoms with E-state index in [0.717, 1.165) is 11.6 Å². The third-order valence-corrected chi connectivity index (χ3v) is 5.67. The topological polar surface area (TPSA) is 67.2 Å². The van der Waals surface area contributed by atoms with Gasteiger partial charge in [0.05, 0.1) is 9.90 Å². The maximum atomic E-state index is 12.6. The molecule has 1 fully saturated rings. The van der Waals surface area contributed by atoms with E-state index in [4.69, 9.17) is 23.2 Å². The van der Waals surface area contributed by atoms with Gasteiger partial charge in [0.25, 0.3) is 5.91 Å². The van der Waals surface area contributed by atoms with Crippen LogP contribution >= 0.6 is 34.5 Å². The second kappa shape index (κ2) is 7.22. The SMILES string of the molecule is O=C(c1cc(Cl)sc1Cl)N1CCN(c2cc(-n3ccnc3)ncn2)CC1. The van der Waals surface area contributed by atoms with Crippen molar-refractivity contribution in [2.75, 3.05) is 31.1 Å². The number of hydrogen-bond acceptors (Lipinski definition) is 6. The highest BCUT2D eigenvalue weighted by Gasteiger charge is 2.25. The normalized spacial score (nSPS) is 14.7. The molecule has 0 N–H and O–H groups in total. The predicted octanol–water partition coefficient (Wildman–Crippen LogP) is 2.99. The lowest BCUT2D eigenvalue weighted by Crippen LogP contribution is -2.49. The second-order valence-electron chi connectivity index (χ2n) is 5.72. The van der Waals surface area contributed by atoms with E-state index in [0.29, 0.717) is 40.4 Å². The van der Waals surface area contributed by atoms with Crippen molar-refractivity contribution >= 4 is 46.3 Å². The molecule has 0 spiro atoms. The van der Waals surface area contributed by atoms with E-state index in [1.807, 2.05) is 16.8 Å². The highest BCUT2D eigenvalue weighted by Crippen LogP contribution is 2.32. The first-order chi connectivity index (χ1) is 12.6. The highest BCUT2D eigenvalue weighted by molar-refractivity contribution is 7.20. The van der Waals surface area contributed by atoms with Crippen molar-refractivity contribution < 1.29 is 4.79 Å². The quantitative estimate of drug-likeness (QED) is 0.666. The molecule has 4 heterocycles. The minimum Gasteiger partial charge on any atom is -0.353 e. The molecule has 10 heteroatoms. The number of nitrogens with zero attached hydrogens (tertiary/aromatic N) is 6. The first-order valence-corrected chi connectivity index (χ1v) is 9.48. The van der Waals surface area contributed by atoms with E-state index in [-0.39, 0.29) is 5.91 Å². The van der Waals surface area contributed by atoms with Gasteiger partial charge in [-0.05, 0) is 6.07 Å². The molecule has 0 bridgehead atoms. The summed E-state index contributed by atoms with van der Waals surface area (Å²) < 4.78 is 2.78. The van der Waals surface area contributed by atoms with E-state index in [9.17, 15) is 4.79 Å².